The van der Waals surface area contributed by atoms with Crippen LogP contribution < -0.4 is 9.47 Å². The first kappa shape index (κ1) is 17.1. The lowest BCUT2D eigenvalue weighted by atomic mass is 10.00. The molecule has 0 spiro atoms. The van der Waals surface area contributed by atoms with Gasteiger partial charge in [-0.05, 0) is 42.2 Å². The second-order valence-electron chi connectivity index (χ2n) is 6.03. The molecule has 0 unspecified atom stereocenters. The predicted octanol–water partition coefficient (Wildman–Crippen LogP) is 3.69. The summed E-state index contributed by atoms with van der Waals surface area (Å²) >= 11 is 0. The van der Waals surface area contributed by atoms with Crippen LogP contribution in [0.5, 0.6) is 11.5 Å². The summed E-state index contributed by atoms with van der Waals surface area (Å²) in [5.41, 5.74) is 3.58. The van der Waals surface area contributed by atoms with Crippen LogP contribution in [-0.2, 0) is 17.8 Å². The Labute approximate surface area is 148 Å². The zero-order valence-electron chi connectivity index (χ0n) is 14.7. The first-order chi connectivity index (χ1) is 12.2. The van der Waals surface area contributed by atoms with Crippen molar-refractivity contribution in [2.24, 2.45) is 0 Å². The number of carbonyl (C=O) groups excluding carboxylic acids is 1. The van der Waals surface area contributed by atoms with Crippen molar-refractivity contribution < 1.29 is 14.3 Å². The van der Waals surface area contributed by atoms with Crippen LogP contribution in [0.2, 0.25) is 0 Å². The van der Waals surface area contributed by atoms with Crippen LogP contribution in [0.1, 0.15) is 23.6 Å². The number of methoxy groups -OCH3 is 1. The molecule has 1 heterocycles. The predicted molar refractivity (Wildman–Crippen MR) is 98.8 cm³/mol. The van der Waals surface area contributed by atoms with Crippen molar-refractivity contribution in [1.29, 1.82) is 0 Å². The maximum absolute atomic E-state index is 12.5. The number of carbonyl (C=O) groups is 1. The number of benzene rings is 2. The fraction of sp³-hybridized carbons (Fsp3) is 0.286. The Morgan fingerprint density at radius 2 is 1.96 bits per heavy atom. The Balaban J connectivity index is 1.63. The maximum atomic E-state index is 12.5. The zero-order valence-corrected chi connectivity index (χ0v) is 14.7. The highest BCUT2D eigenvalue weighted by Crippen LogP contribution is 2.28. The number of allylic oxidation sites excluding steroid dienone is 1. The van der Waals surface area contributed by atoms with Gasteiger partial charge in [-0.25, -0.2) is 0 Å². The van der Waals surface area contributed by atoms with Gasteiger partial charge < -0.3 is 14.4 Å². The lowest BCUT2D eigenvalue weighted by Gasteiger charge is -2.28. The quantitative estimate of drug-likeness (QED) is 0.835. The van der Waals surface area contributed by atoms with Gasteiger partial charge >= 0.3 is 0 Å². The van der Waals surface area contributed by atoms with Crippen molar-refractivity contribution in [1.82, 2.24) is 4.90 Å². The molecule has 0 saturated heterocycles. The van der Waals surface area contributed by atoms with Gasteiger partial charge in [-0.2, -0.15) is 0 Å². The summed E-state index contributed by atoms with van der Waals surface area (Å²) in [5.74, 6) is 1.21. The van der Waals surface area contributed by atoms with Crippen LogP contribution in [0.4, 0.5) is 0 Å². The number of rotatable bonds is 5. The van der Waals surface area contributed by atoms with Crippen molar-refractivity contribution >= 4 is 12.0 Å². The number of hydrogen-bond donors (Lipinski definition) is 0. The minimum absolute atomic E-state index is 0.00548. The van der Waals surface area contributed by atoms with E-state index in [1.54, 1.807) is 7.11 Å². The van der Waals surface area contributed by atoms with Crippen LogP contribution in [0.15, 0.2) is 48.5 Å². The molecule has 0 atom stereocenters. The summed E-state index contributed by atoms with van der Waals surface area (Å²) in [6, 6.07) is 14.0. The molecule has 4 nitrogen and oxygen atoms in total. The molecule has 1 aliphatic rings. The summed E-state index contributed by atoms with van der Waals surface area (Å²) in [6.45, 7) is 3.36. The Morgan fingerprint density at radius 1 is 1.16 bits per heavy atom. The molecule has 130 valence electrons. The van der Waals surface area contributed by atoms with Crippen molar-refractivity contribution in [2.75, 3.05) is 20.3 Å². The first-order valence-electron chi connectivity index (χ1n) is 8.49. The van der Waals surface area contributed by atoms with Gasteiger partial charge in [-0.1, -0.05) is 42.5 Å². The highest BCUT2D eigenvalue weighted by molar-refractivity contribution is 5.78. The molecule has 0 aromatic heterocycles. The van der Waals surface area contributed by atoms with Crippen molar-refractivity contribution in [3.05, 3.63) is 65.2 Å². The van der Waals surface area contributed by atoms with E-state index < -0.39 is 0 Å². The molecule has 0 aliphatic carbocycles. The van der Waals surface area contributed by atoms with Gasteiger partial charge in [0.1, 0.15) is 0 Å². The molecular weight excluding hydrogens is 314 g/mol. The van der Waals surface area contributed by atoms with Gasteiger partial charge in [0.05, 0.1) is 7.11 Å². The smallest absolute Gasteiger partial charge is 0.260 e. The van der Waals surface area contributed by atoms with E-state index in [2.05, 4.69) is 12.1 Å². The topological polar surface area (TPSA) is 38.8 Å². The lowest BCUT2D eigenvalue weighted by Crippen LogP contribution is -2.38. The van der Waals surface area contributed by atoms with E-state index in [1.807, 2.05) is 54.3 Å². The summed E-state index contributed by atoms with van der Waals surface area (Å²) in [6.07, 6.45) is 4.85. The fourth-order valence-electron chi connectivity index (χ4n) is 3.04. The molecule has 2 aromatic carbocycles. The van der Waals surface area contributed by atoms with E-state index in [-0.39, 0.29) is 12.5 Å². The van der Waals surface area contributed by atoms with Crippen LogP contribution in [0.25, 0.3) is 6.08 Å². The number of fused-ring (bicyclic) bond motifs is 1. The average molecular weight is 337 g/mol. The maximum Gasteiger partial charge on any atom is 0.260 e. The van der Waals surface area contributed by atoms with E-state index in [4.69, 9.17) is 9.47 Å². The fourth-order valence-corrected chi connectivity index (χ4v) is 3.04. The van der Waals surface area contributed by atoms with E-state index in [9.17, 15) is 4.79 Å². The second-order valence-corrected chi connectivity index (χ2v) is 6.03. The molecular formula is C21H23NO3. The van der Waals surface area contributed by atoms with E-state index in [1.165, 1.54) is 11.1 Å². The van der Waals surface area contributed by atoms with E-state index >= 15 is 0 Å². The number of hydrogen-bond acceptors (Lipinski definition) is 3. The summed E-state index contributed by atoms with van der Waals surface area (Å²) in [4.78, 5) is 14.3. The SMILES string of the molecule is C/C=C\c1ccc(OCC(=O)N2CCc3ccccc3C2)c(OC)c1. The molecule has 0 radical (unpaired) electrons. The molecule has 3 rings (SSSR count). The molecule has 0 bridgehead atoms. The highest BCUT2D eigenvalue weighted by atomic mass is 16.5. The molecule has 0 N–H and O–H groups in total. The standard InChI is InChI=1S/C21H23NO3/c1-3-6-16-9-10-19(20(13-16)24-2)25-15-21(23)22-12-11-17-7-4-5-8-18(17)14-22/h3-10,13H,11-12,14-15H2,1-2H3/b6-3-. The Hall–Kier alpha value is -2.75. The second kappa shape index (κ2) is 7.88. The Kier molecular flexibility index (Phi) is 5.39. The molecule has 0 fully saturated rings. The van der Waals surface area contributed by atoms with Crippen molar-refractivity contribution in [3.8, 4) is 11.5 Å². The largest absolute Gasteiger partial charge is 0.493 e. The van der Waals surface area contributed by atoms with Crippen LogP contribution in [0.3, 0.4) is 0 Å². The third-order valence-corrected chi connectivity index (χ3v) is 4.38. The number of nitrogens with zero attached hydrogens (tertiary/aromatic N) is 1. The van der Waals surface area contributed by atoms with Gasteiger partial charge in [-0.15, -0.1) is 0 Å². The van der Waals surface area contributed by atoms with Gasteiger partial charge in [0.25, 0.3) is 5.91 Å². The molecule has 1 amide bonds. The number of amides is 1. The zero-order chi connectivity index (χ0) is 17.6. The molecule has 25 heavy (non-hydrogen) atoms. The summed E-state index contributed by atoms with van der Waals surface area (Å²) in [5, 5.41) is 0. The van der Waals surface area contributed by atoms with Gasteiger partial charge in [-0.3, -0.25) is 4.79 Å². The number of ether oxygens (including phenoxy) is 2. The monoisotopic (exact) mass is 337 g/mol. The van der Waals surface area contributed by atoms with E-state index in [0.29, 0.717) is 18.0 Å². The minimum Gasteiger partial charge on any atom is -0.493 e. The first-order valence-corrected chi connectivity index (χ1v) is 8.49. The van der Waals surface area contributed by atoms with Crippen LogP contribution >= 0.6 is 0 Å². The van der Waals surface area contributed by atoms with Crippen molar-refractivity contribution in [3.63, 3.8) is 0 Å². The molecule has 0 saturated carbocycles. The summed E-state index contributed by atoms with van der Waals surface area (Å²) in [7, 11) is 1.60. The molecule has 4 heteroatoms. The lowest BCUT2D eigenvalue weighted by molar-refractivity contribution is -0.134. The van der Waals surface area contributed by atoms with Gasteiger partial charge in [0.2, 0.25) is 0 Å². The van der Waals surface area contributed by atoms with Crippen molar-refractivity contribution in [2.45, 2.75) is 19.9 Å². The third kappa shape index (κ3) is 4.02. The van der Waals surface area contributed by atoms with Crippen LogP contribution in [0, 0.1) is 0 Å². The average Bonchev–Trinajstić information content (AvgIpc) is 2.66. The Bertz CT molecular complexity index is 782. The van der Waals surface area contributed by atoms with E-state index in [0.717, 1.165) is 18.5 Å². The molecule has 2 aromatic rings. The van der Waals surface area contributed by atoms with Gasteiger partial charge in [0, 0.05) is 13.1 Å². The molecule has 1 aliphatic heterocycles. The normalized spacial score (nSPS) is 13.6. The summed E-state index contributed by atoms with van der Waals surface area (Å²) < 4.78 is 11.1. The minimum atomic E-state index is -0.00548. The highest BCUT2D eigenvalue weighted by Gasteiger charge is 2.21. The van der Waals surface area contributed by atoms with Crippen LogP contribution in [-0.4, -0.2) is 31.1 Å². The Morgan fingerprint density at radius 3 is 2.72 bits per heavy atom. The third-order valence-electron chi connectivity index (χ3n) is 4.38. The van der Waals surface area contributed by atoms with Gasteiger partial charge in [0.15, 0.2) is 18.1 Å².